The Morgan fingerprint density at radius 3 is 2.50 bits per heavy atom. The Labute approximate surface area is 118 Å². The van der Waals surface area contributed by atoms with Gasteiger partial charge in [-0.3, -0.25) is 9.59 Å². The molecule has 20 heavy (non-hydrogen) atoms. The van der Waals surface area contributed by atoms with E-state index in [-0.39, 0.29) is 18.4 Å². The summed E-state index contributed by atoms with van der Waals surface area (Å²) in [6.07, 6.45) is 3.29. The summed E-state index contributed by atoms with van der Waals surface area (Å²) < 4.78 is 0. The number of carboxylic acid groups (broad SMARTS) is 1. The third-order valence-electron chi connectivity index (χ3n) is 4.90. The quantitative estimate of drug-likeness (QED) is 0.861. The van der Waals surface area contributed by atoms with E-state index in [4.69, 9.17) is 0 Å². The smallest absolute Gasteiger partial charge is 0.315 e. The van der Waals surface area contributed by atoms with Gasteiger partial charge < -0.3 is 10.4 Å². The molecule has 0 heterocycles. The van der Waals surface area contributed by atoms with Crippen molar-refractivity contribution in [2.24, 2.45) is 11.3 Å². The molecule has 2 saturated carbocycles. The monoisotopic (exact) mass is 273 g/mol. The molecule has 0 aliphatic heterocycles. The van der Waals surface area contributed by atoms with Gasteiger partial charge >= 0.3 is 5.97 Å². The molecule has 0 bridgehead atoms. The van der Waals surface area contributed by atoms with Gasteiger partial charge in [-0.2, -0.15) is 0 Å². The van der Waals surface area contributed by atoms with Crippen LogP contribution in [0.2, 0.25) is 0 Å². The summed E-state index contributed by atoms with van der Waals surface area (Å²) in [7, 11) is 0. The second kappa shape index (κ2) is 4.33. The Balaban J connectivity index is 1.68. The van der Waals surface area contributed by atoms with Crippen molar-refractivity contribution in [3.8, 4) is 0 Å². The molecule has 2 aliphatic rings. The number of hydrogen-bond acceptors (Lipinski definition) is 2. The lowest BCUT2D eigenvalue weighted by atomic mass is 9.82. The van der Waals surface area contributed by atoms with E-state index in [2.05, 4.69) is 5.32 Å². The lowest BCUT2D eigenvalue weighted by Gasteiger charge is -2.25. The van der Waals surface area contributed by atoms with Crippen molar-refractivity contribution in [1.82, 2.24) is 5.32 Å². The van der Waals surface area contributed by atoms with E-state index in [1.807, 2.05) is 18.2 Å². The van der Waals surface area contributed by atoms with Crippen LogP contribution in [0.5, 0.6) is 0 Å². The average Bonchev–Trinajstić information content (AvgIpc) is 3.37. The minimum atomic E-state index is -1.08. The highest BCUT2D eigenvalue weighted by Crippen LogP contribution is 2.70. The topological polar surface area (TPSA) is 66.4 Å². The van der Waals surface area contributed by atoms with Crippen molar-refractivity contribution in [2.75, 3.05) is 6.54 Å². The SMILES string of the molecule is CC(CNC(=O)C1CC12CC2)(C(=O)O)c1ccccc1. The van der Waals surface area contributed by atoms with Gasteiger partial charge in [-0.15, -0.1) is 0 Å². The molecule has 1 spiro atoms. The largest absolute Gasteiger partial charge is 0.481 e. The predicted molar refractivity (Wildman–Crippen MR) is 74.2 cm³/mol. The lowest BCUT2D eigenvalue weighted by molar-refractivity contribution is -0.143. The highest BCUT2D eigenvalue weighted by Gasteiger charge is 2.65. The summed E-state index contributed by atoms with van der Waals surface area (Å²) in [5.41, 5.74) is -0.0661. The predicted octanol–water partition coefficient (Wildman–Crippen LogP) is 1.95. The molecule has 0 radical (unpaired) electrons. The molecule has 2 fully saturated rings. The molecule has 2 aliphatic carbocycles. The fourth-order valence-corrected chi connectivity index (χ4v) is 2.93. The molecule has 0 saturated heterocycles. The first-order valence-electron chi connectivity index (χ1n) is 7.05. The van der Waals surface area contributed by atoms with Crippen LogP contribution in [0.15, 0.2) is 30.3 Å². The van der Waals surface area contributed by atoms with Gasteiger partial charge in [-0.05, 0) is 37.2 Å². The number of carboxylic acids is 1. The molecule has 1 aromatic rings. The van der Waals surface area contributed by atoms with Crippen LogP contribution in [-0.2, 0) is 15.0 Å². The first-order chi connectivity index (χ1) is 9.48. The first-order valence-corrected chi connectivity index (χ1v) is 7.05. The fourth-order valence-electron chi connectivity index (χ4n) is 2.93. The molecular formula is C16H19NO3. The van der Waals surface area contributed by atoms with E-state index in [0.717, 1.165) is 19.3 Å². The third-order valence-corrected chi connectivity index (χ3v) is 4.90. The summed E-state index contributed by atoms with van der Waals surface area (Å²) in [4.78, 5) is 23.7. The number of hydrogen-bond donors (Lipinski definition) is 2. The van der Waals surface area contributed by atoms with E-state index in [1.54, 1.807) is 19.1 Å². The standard InChI is InChI=1S/C16H19NO3/c1-15(14(19)20,11-5-3-2-4-6-11)10-17-13(18)12-9-16(12)7-8-16/h2-6,12H,7-10H2,1H3,(H,17,18)(H,19,20). The number of carbonyl (C=O) groups excluding carboxylic acids is 1. The van der Waals surface area contributed by atoms with E-state index < -0.39 is 11.4 Å². The molecule has 2 N–H and O–H groups in total. The molecule has 2 unspecified atom stereocenters. The average molecular weight is 273 g/mol. The number of amides is 1. The molecule has 106 valence electrons. The maximum atomic E-state index is 12.1. The van der Waals surface area contributed by atoms with Crippen LogP contribution in [0, 0.1) is 11.3 Å². The van der Waals surface area contributed by atoms with Crippen LogP contribution in [0.1, 0.15) is 31.7 Å². The van der Waals surface area contributed by atoms with Gasteiger partial charge in [0.2, 0.25) is 5.91 Å². The molecule has 3 rings (SSSR count). The Morgan fingerprint density at radius 2 is 2.00 bits per heavy atom. The van der Waals surface area contributed by atoms with E-state index in [9.17, 15) is 14.7 Å². The van der Waals surface area contributed by atoms with Crippen LogP contribution in [0.4, 0.5) is 0 Å². The lowest BCUT2D eigenvalue weighted by Crippen LogP contribution is -2.45. The summed E-state index contributed by atoms with van der Waals surface area (Å²) >= 11 is 0. The maximum absolute atomic E-state index is 12.1. The van der Waals surface area contributed by atoms with Crippen LogP contribution < -0.4 is 5.32 Å². The number of nitrogens with one attached hydrogen (secondary N) is 1. The summed E-state index contributed by atoms with van der Waals surface area (Å²) in [5.74, 6) is -0.775. The minimum Gasteiger partial charge on any atom is -0.481 e. The third kappa shape index (κ3) is 2.09. The van der Waals surface area contributed by atoms with Crippen LogP contribution >= 0.6 is 0 Å². The van der Waals surface area contributed by atoms with Crippen LogP contribution in [0.3, 0.4) is 0 Å². The second-order valence-electron chi connectivity index (χ2n) is 6.34. The number of rotatable bonds is 5. The minimum absolute atomic E-state index is 0.0194. The second-order valence-corrected chi connectivity index (χ2v) is 6.34. The highest BCUT2D eigenvalue weighted by atomic mass is 16.4. The zero-order valence-electron chi connectivity index (χ0n) is 11.6. The fraction of sp³-hybridized carbons (Fsp3) is 0.500. The molecular weight excluding hydrogens is 254 g/mol. The first kappa shape index (κ1) is 13.2. The van der Waals surface area contributed by atoms with Gasteiger partial charge in [0, 0.05) is 12.5 Å². The summed E-state index contributed by atoms with van der Waals surface area (Å²) in [6.45, 7) is 1.79. The highest BCUT2D eigenvalue weighted by molar-refractivity contribution is 5.86. The van der Waals surface area contributed by atoms with Crippen molar-refractivity contribution < 1.29 is 14.7 Å². The molecule has 4 nitrogen and oxygen atoms in total. The molecule has 2 atom stereocenters. The Bertz CT molecular complexity index is 550. The van der Waals surface area contributed by atoms with Gasteiger partial charge in [0.15, 0.2) is 0 Å². The zero-order valence-corrected chi connectivity index (χ0v) is 11.6. The van der Waals surface area contributed by atoms with Crippen molar-refractivity contribution in [3.63, 3.8) is 0 Å². The number of benzene rings is 1. The van der Waals surface area contributed by atoms with Gasteiger partial charge in [0.1, 0.15) is 5.41 Å². The number of carbonyl (C=O) groups is 2. The Kier molecular flexibility index (Phi) is 2.85. The van der Waals surface area contributed by atoms with Crippen molar-refractivity contribution in [2.45, 2.75) is 31.6 Å². The van der Waals surface area contributed by atoms with Crippen molar-refractivity contribution in [3.05, 3.63) is 35.9 Å². The van der Waals surface area contributed by atoms with Crippen molar-refractivity contribution in [1.29, 1.82) is 0 Å². The Morgan fingerprint density at radius 1 is 1.35 bits per heavy atom. The molecule has 1 aromatic carbocycles. The summed E-state index contributed by atoms with van der Waals surface area (Å²) in [5, 5.41) is 12.4. The van der Waals surface area contributed by atoms with E-state index >= 15 is 0 Å². The normalized spacial score (nSPS) is 24.8. The number of aliphatic carboxylic acids is 1. The van der Waals surface area contributed by atoms with Gasteiger partial charge in [0.05, 0.1) is 0 Å². The maximum Gasteiger partial charge on any atom is 0.315 e. The molecule has 1 amide bonds. The van der Waals surface area contributed by atoms with Crippen LogP contribution in [0.25, 0.3) is 0 Å². The van der Waals surface area contributed by atoms with Crippen LogP contribution in [-0.4, -0.2) is 23.5 Å². The van der Waals surface area contributed by atoms with Gasteiger partial charge in [-0.1, -0.05) is 30.3 Å². The zero-order chi connectivity index (χ0) is 14.4. The van der Waals surface area contributed by atoms with E-state index in [1.165, 1.54) is 0 Å². The van der Waals surface area contributed by atoms with E-state index in [0.29, 0.717) is 11.0 Å². The van der Waals surface area contributed by atoms with Gasteiger partial charge in [-0.25, -0.2) is 0 Å². The molecule has 4 heteroatoms. The van der Waals surface area contributed by atoms with Gasteiger partial charge in [0.25, 0.3) is 0 Å². The van der Waals surface area contributed by atoms with Crippen molar-refractivity contribution >= 4 is 11.9 Å². The summed E-state index contributed by atoms with van der Waals surface area (Å²) in [6, 6.07) is 9.07. The Hall–Kier alpha value is -1.84. The molecule has 0 aromatic heterocycles.